The number of hydrogen-bond donors (Lipinski definition) is 0. The Morgan fingerprint density at radius 1 is 1.31 bits per heavy atom. The van der Waals surface area contributed by atoms with E-state index in [-0.39, 0.29) is 0 Å². The summed E-state index contributed by atoms with van der Waals surface area (Å²) in [7, 11) is 0. The standard InChI is InChI=1S/C14H25NO/c1-8-13(14(6,7)10-16)9-15(11(2)3)12(4)5/h10-12H,1,9H2,2-7H3. The minimum Gasteiger partial charge on any atom is -0.302 e. The first-order valence-corrected chi connectivity index (χ1v) is 5.87. The maximum atomic E-state index is 11.0. The van der Waals surface area contributed by atoms with Crippen molar-refractivity contribution in [3.8, 4) is 0 Å². The largest absolute Gasteiger partial charge is 0.302 e. The van der Waals surface area contributed by atoms with Crippen molar-refractivity contribution < 1.29 is 4.79 Å². The Hall–Kier alpha value is -0.850. The van der Waals surface area contributed by atoms with Crippen LogP contribution in [0.25, 0.3) is 0 Å². The summed E-state index contributed by atoms with van der Waals surface area (Å²) in [5.74, 6) is 0. The lowest BCUT2D eigenvalue weighted by Crippen LogP contribution is -2.40. The van der Waals surface area contributed by atoms with Crippen molar-refractivity contribution in [1.82, 2.24) is 4.90 Å². The number of carbonyl (C=O) groups excluding carboxylic acids is 1. The Morgan fingerprint density at radius 3 is 2.00 bits per heavy atom. The molecule has 16 heavy (non-hydrogen) atoms. The molecule has 0 aromatic rings. The van der Waals surface area contributed by atoms with Crippen LogP contribution >= 0.6 is 0 Å². The van der Waals surface area contributed by atoms with Gasteiger partial charge in [0.15, 0.2) is 0 Å². The van der Waals surface area contributed by atoms with Crippen LogP contribution in [0, 0.1) is 5.41 Å². The molecule has 0 amide bonds. The van der Waals surface area contributed by atoms with Crippen LogP contribution in [-0.4, -0.2) is 29.8 Å². The fraction of sp³-hybridized carbons (Fsp3) is 0.714. The van der Waals surface area contributed by atoms with E-state index < -0.39 is 5.41 Å². The van der Waals surface area contributed by atoms with E-state index in [1.165, 1.54) is 0 Å². The van der Waals surface area contributed by atoms with Gasteiger partial charge in [-0.3, -0.25) is 4.90 Å². The first-order chi connectivity index (χ1) is 7.26. The molecular weight excluding hydrogens is 198 g/mol. The summed E-state index contributed by atoms with van der Waals surface area (Å²) in [5.41, 5.74) is 3.42. The molecule has 0 atom stereocenters. The molecule has 0 heterocycles. The zero-order valence-corrected chi connectivity index (χ0v) is 11.5. The molecule has 0 N–H and O–H groups in total. The van der Waals surface area contributed by atoms with Gasteiger partial charge in [-0.1, -0.05) is 6.58 Å². The SMILES string of the molecule is C=C=C(CN(C(C)C)C(C)C)C(C)(C)C=O. The quantitative estimate of drug-likeness (QED) is 0.509. The highest BCUT2D eigenvalue weighted by molar-refractivity contribution is 5.63. The molecule has 0 aliphatic rings. The highest BCUT2D eigenvalue weighted by Gasteiger charge is 2.25. The van der Waals surface area contributed by atoms with Gasteiger partial charge in [0.25, 0.3) is 0 Å². The van der Waals surface area contributed by atoms with E-state index in [4.69, 9.17) is 0 Å². The lowest BCUT2D eigenvalue weighted by molar-refractivity contribution is -0.113. The van der Waals surface area contributed by atoms with Crippen molar-refractivity contribution >= 4 is 6.29 Å². The predicted octanol–water partition coefficient (Wildman–Crippen LogP) is 3.04. The molecular formula is C14H25NO. The van der Waals surface area contributed by atoms with Gasteiger partial charge in [0.2, 0.25) is 0 Å². The van der Waals surface area contributed by atoms with Crippen LogP contribution in [0.2, 0.25) is 0 Å². The van der Waals surface area contributed by atoms with Gasteiger partial charge in [0, 0.05) is 24.0 Å². The molecule has 2 heteroatoms. The first kappa shape index (κ1) is 15.2. The highest BCUT2D eigenvalue weighted by Crippen LogP contribution is 2.24. The summed E-state index contributed by atoms with van der Waals surface area (Å²) >= 11 is 0. The Balaban J connectivity index is 4.92. The second-order valence-corrected chi connectivity index (χ2v) is 5.35. The van der Waals surface area contributed by atoms with Crippen LogP contribution in [0.5, 0.6) is 0 Å². The average Bonchev–Trinajstić information content (AvgIpc) is 2.17. The molecule has 2 nitrogen and oxygen atoms in total. The molecule has 0 aliphatic heterocycles. The number of aldehydes is 1. The highest BCUT2D eigenvalue weighted by atomic mass is 16.1. The lowest BCUT2D eigenvalue weighted by Gasteiger charge is -2.33. The topological polar surface area (TPSA) is 20.3 Å². The van der Waals surface area contributed by atoms with Crippen molar-refractivity contribution in [1.29, 1.82) is 0 Å². The van der Waals surface area contributed by atoms with E-state index in [2.05, 4.69) is 44.9 Å². The van der Waals surface area contributed by atoms with Gasteiger partial charge in [-0.25, -0.2) is 0 Å². The van der Waals surface area contributed by atoms with Crippen LogP contribution in [0.1, 0.15) is 41.5 Å². The second kappa shape index (κ2) is 6.03. The molecule has 0 fully saturated rings. The first-order valence-electron chi connectivity index (χ1n) is 5.87. The average molecular weight is 223 g/mol. The van der Waals surface area contributed by atoms with E-state index in [9.17, 15) is 4.79 Å². The predicted molar refractivity (Wildman–Crippen MR) is 69.5 cm³/mol. The Labute approximate surface area is 100 Å². The van der Waals surface area contributed by atoms with Crippen molar-refractivity contribution in [3.63, 3.8) is 0 Å². The minimum absolute atomic E-state index is 0.450. The van der Waals surface area contributed by atoms with Gasteiger partial charge >= 0.3 is 0 Å². The molecule has 0 bridgehead atoms. The van der Waals surface area contributed by atoms with Crippen LogP contribution in [-0.2, 0) is 4.79 Å². The fourth-order valence-corrected chi connectivity index (χ4v) is 1.70. The van der Waals surface area contributed by atoms with Gasteiger partial charge < -0.3 is 4.79 Å². The molecule has 0 aromatic carbocycles. The molecule has 0 radical (unpaired) electrons. The van der Waals surface area contributed by atoms with Crippen LogP contribution in [0.4, 0.5) is 0 Å². The van der Waals surface area contributed by atoms with Crippen molar-refractivity contribution in [3.05, 3.63) is 17.9 Å². The summed E-state index contributed by atoms with van der Waals surface area (Å²) in [6, 6.07) is 0.900. The maximum Gasteiger partial charge on any atom is 0.130 e. The smallest absolute Gasteiger partial charge is 0.130 e. The fourth-order valence-electron chi connectivity index (χ4n) is 1.70. The van der Waals surface area contributed by atoms with Crippen LogP contribution in [0.15, 0.2) is 17.9 Å². The molecule has 0 unspecified atom stereocenters. The normalized spacial score (nSPS) is 12.1. The lowest BCUT2D eigenvalue weighted by atomic mass is 9.85. The molecule has 92 valence electrons. The molecule has 0 spiro atoms. The summed E-state index contributed by atoms with van der Waals surface area (Å²) in [4.78, 5) is 13.4. The van der Waals surface area contributed by atoms with Crippen molar-refractivity contribution in [2.45, 2.75) is 53.6 Å². The third kappa shape index (κ3) is 3.96. The Morgan fingerprint density at radius 2 is 1.75 bits per heavy atom. The summed E-state index contributed by atoms with van der Waals surface area (Å²) in [6.07, 6.45) is 0.972. The van der Waals surface area contributed by atoms with E-state index in [0.29, 0.717) is 12.1 Å². The number of nitrogens with zero attached hydrogens (tertiary/aromatic N) is 1. The maximum absolute atomic E-state index is 11.0. The van der Waals surface area contributed by atoms with Crippen molar-refractivity contribution in [2.24, 2.45) is 5.41 Å². The molecule has 0 saturated heterocycles. The minimum atomic E-state index is -0.468. The Kier molecular flexibility index (Phi) is 5.71. The van der Waals surface area contributed by atoms with Gasteiger partial charge in [0.05, 0.1) is 0 Å². The van der Waals surface area contributed by atoms with E-state index >= 15 is 0 Å². The number of hydrogen-bond acceptors (Lipinski definition) is 2. The van der Waals surface area contributed by atoms with Crippen LogP contribution < -0.4 is 0 Å². The third-order valence-corrected chi connectivity index (χ3v) is 2.95. The zero-order chi connectivity index (χ0) is 12.9. The monoisotopic (exact) mass is 223 g/mol. The van der Waals surface area contributed by atoms with Crippen LogP contribution in [0.3, 0.4) is 0 Å². The second-order valence-electron chi connectivity index (χ2n) is 5.35. The molecule has 0 rings (SSSR count). The number of carbonyl (C=O) groups is 1. The zero-order valence-electron chi connectivity index (χ0n) is 11.5. The van der Waals surface area contributed by atoms with E-state index in [1.807, 2.05) is 13.8 Å². The summed E-state index contributed by atoms with van der Waals surface area (Å²) in [6.45, 7) is 16.9. The summed E-state index contributed by atoms with van der Waals surface area (Å²) in [5, 5.41) is 0. The van der Waals surface area contributed by atoms with Gasteiger partial charge in [0.1, 0.15) is 6.29 Å². The van der Waals surface area contributed by atoms with Gasteiger partial charge in [-0.15, -0.1) is 5.73 Å². The third-order valence-electron chi connectivity index (χ3n) is 2.95. The molecule has 0 aromatic heterocycles. The van der Waals surface area contributed by atoms with E-state index in [1.54, 1.807) is 0 Å². The Bertz CT molecular complexity index is 275. The molecule has 0 aliphatic carbocycles. The van der Waals surface area contributed by atoms with E-state index in [0.717, 1.165) is 18.4 Å². The van der Waals surface area contributed by atoms with Gasteiger partial charge in [-0.2, -0.15) is 0 Å². The van der Waals surface area contributed by atoms with Gasteiger partial charge in [-0.05, 0) is 47.1 Å². The van der Waals surface area contributed by atoms with Crippen molar-refractivity contribution in [2.75, 3.05) is 6.54 Å². The molecule has 0 saturated carbocycles. The number of rotatable bonds is 6. The summed E-state index contributed by atoms with van der Waals surface area (Å²) < 4.78 is 0.